The number of hydrogen-bond donors (Lipinski definition) is 1. The molecule has 8 heteroatoms. The fourth-order valence-electron chi connectivity index (χ4n) is 2.60. The van der Waals surface area contributed by atoms with Crippen LogP contribution >= 0.6 is 11.6 Å². The Hall–Kier alpha value is -3.71. The maximum absolute atomic E-state index is 13.1. The molecule has 4 rings (SSSR count). The molecule has 4 aromatic rings. The molecule has 0 spiro atoms. The van der Waals surface area contributed by atoms with E-state index in [0.717, 1.165) is 5.56 Å². The molecule has 1 N–H and O–H groups in total. The Labute approximate surface area is 165 Å². The minimum atomic E-state index is -0.436. The predicted molar refractivity (Wildman–Crippen MR) is 106 cm³/mol. The zero-order valence-corrected chi connectivity index (χ0v) is 15.2. The van der Waals surface area contributed by atoms with E-state index in [1.807, 2.05) is 30.3 Å². The number of nitrogens with one attached hydrogen (secondary N) is 1. The van der Waals surface area contributed by atoms with E-state index in [1.54, 1.807) is 42.5 Å². The van der Waals surface area contributed by atoms with Crippen molar-refractivity contribution in [3.8, 4) is 11.4 Å². The van der Waals surface area contributed by atoms with Gasteiger partial charge < -0.3 is 9.73 Å². The molecule has 0 bridgehead atoms. The highest BCUT2D eigenvalue weighted by Gasteiger charge is 2.20. The zero-order chi connectivity index (χ0) is 19.3. The highest BCUT2D eigenvalue weighted by Crippen LogP contribution is 2.24. The molecule has 0 unspecified atom stereocenters. The van der Waals surface area contributed by atoms with Gasteiger partial charge in [-0.25, -0.2) is 0 Å². The average molecular weight is 392 g/mol. The van der Waals surface area contributed by atoms with Crippen LogP contribution in [-0.2, 0) is 4.79 Å². The van der Waals surface area contributed by atoms with E-state index in [-0.39, 0.29) is 5.70 Å². The first-order valence-electron chi connectivity index (χ1n) is 8.37. The van der Waals surface area contributed by atoms with Gasteiger partial charge in [0, 0.05) is 11.6 Å². The van der Waals surface area contributed by atoms with Gasteiger partial charge in [0.25, 0.3) is 5.91 Å². The van der Waals surface area contributed by atoms with Crippen LogP contribution in [0.5, 0.6) is 0 Å². The Kier molecular flexibility index (Phi) is 4.99. The quantitative estimate of drug-likeness (QED) is 0.515. The SMILES string of the molecule is O=C(Nc1ccccc1Cl)C(=Cc1ccco1)n1nnnc1-c1ccccc1. The lowest BCUT2D eigenvalue weighted by Gasteiger charge is -2.11. The van der Waals surface area contributed by atoms with Crippen LogP contribution < -0.4 is 5.32 Å². The van der Waals surface area contributed by atoms with Crippen LogP contribution in [0, 0.1) is 0 Å². The van der Waals surface area contributed by atoms with Crippen LogP contribution in [0.4, 0.5) is 5.69 Å². The van der Waals surface area contributed by atoms with Crippen molar-refractivity contribution in [2.45, 2.75) is 0 Å². The van der Waals surface area contributed by atoms with E-state index < -0.39 is 5.91 Å². The summed E-state index contributed by atoms with van der Waals surface area (Å²) < 4.78 is 6.73. The summed E-state index contributed by atoms with van der Waals surface area (Å²) in [4.78, 5) is 13.1. The van der Waals surface area contributed by atoms with Crippen molar-refractivity contribution >= 4 is 35.0 Å². The molecule has 1 amide bonds. The number of para-hydroxylation sites is 1. The fraction of sp³-hybridized carbons (Fsp3) is 0. The smallest absolute Gasteiger partial charge is 0.274 e. The predicted octanol–water partition coefficient (Wildman–Crippen LogP) is 4.22. The van der Waals surface area contributed by atoms with Crippen LogP contribution in [0.15, 0.2) is 77.4 Å². The molecule has 138 valence electrons. The molecule has 28 heavy (non-hydrogen) atoms. The number of aromatic nitrogens is 4. The van der Waals surface area contributed by atoms with Crippen molar-refractivity contribution in [2.24, 2.45) is 0 Å². The number of halogens is 1. The Morgan fingerprint density at radius 3 is 2.57 bits per heavy atom. The first kappa shape index (κ1) is 17.7. The van der Waals surface area contributed by atoms with Gasteiger partial charge in [-0.2, -0.15) is 4.68 Å². The molecule has 0 saturated heterocycles. The van der Waals surface area contributed by atoms with Gasteiger partial charge in [-0.05, 0) is 34.7 Å². The van der Waals surface area contributed by atoms with Crippen molar-refractivity contribution < 1.29 is 9.21 Å². The molecule has 0 fully saturated rings. The number of hydrogen-bond acceptors (Lipinski definition) is 5. The minimum absolute atomic E-state index is 0.179. The molecule has 7 nitrogen and oxygen atoms in total. The third-order valence-electron chi connectivity index (χ3n) is 3.91. The molecule has 2 heterocycles. The lowest BCUT2D eigenvalue weighted by atomic mass is 10.2. The normalized spacial score (nSPS) is 11.4. The highest BCUT2D eigenvalue weighted by molar-refractivity contribution is 6.35. The summed E-state index contributed by atoms with van der Waals surface area (Å²) in [5, 5.41) is 15.0. The van der Waals surface area contributed by atoms with E-state index in [2.05, 4.69) is 20.8 Å². The molecule has 0 aliphatic rings. The molecule has 0 atom stereocenters. The lowest BCUT2D eigenvalue weighted by molar-refractivity contribution is -0.111. The number of carbonyl (C=O) groups excluding carboxylic acids is 1. The summed E-state index contributed by atoms with van der Waals surface area (Å²) in [6.45, 7) is 0. The second-order valence-electron chi connectivity index (χ2n) is 5.76. The van der Waals surface area contributed by atoms with Crippen molar-refractivity contribution in [1.29, 1.82) is 0 Å². The Morgan fingerprint density at radius 2 is 1.82 bits per heavy atom. The van der Waals surface area contributed by atoms with Gasteiger partial charge in [0.1, 0.15) is 11.5 Å². The summed E-state index contributed by atoms with van der Waals surface area (Å²) in [6, 6.07) is 19.8. The second-order valence-corrected chi connectivity index (χ2v) is 6.17. The summed E-state index contributed by atoms with van der Waals surface area (Å²) in [6.07, 6.45) is 3.09. The molecule has 0 aliphatic carbocycles. The number of anilines is 1. The number of tetrazole rings is 1. The largest absolute Gasteiger partial charge is 0.465 e. The second kappa shape index (κ2) is 7.89. The number of carbonyl (C=O) groups is 1. The molecule has 0 aliphatic heterocycles. The van der Waals surface area contributed by atoms with Gasteiger partial charge in [0.2, 0.25) is 0 Å². The standard InChI is InChI=1S/C20H14ClN5O2/c21-16-10-4-5-11-17(16)22-20(27)18(13-15-9-6-12-28-15)26-19(23-24-25-26)14-7-2-1-3-8-14/h1-13H,(H,22,27). The van der Waals surface area contributed by atoms with E-state index in [0.29, 0.717) is 22.3 Å². The van der Waals surface area contributed by atoms with Crippen LogP contribution in [-0.4, -0.2) is 26.1 Å². The lowest BCUT2D eigenvalue weighted by Crippen LogP contribution is -2.19. The van der Waals surface area contributed by atoms with Crippen LogP contribution in [0.1, 0.15) is 5.76 Å². The van der Waals surface area contributed by atoms with Gasteiger partial charge in [0.05, 0.1) is 17.0 Å². The van der Waals surface area contributed by atoms with Crippen molar-refractivity contribution in [3.63, 3.8) is 0 Å². The summed E-state index contributed by atoms with van der Waals surface area (Å²) in [5.74, 6) is 0.473. The first-order valence-corrected chi connectivity index (χ1v) is 8.75. The number of amides is 1. The van der Waals surface area contributed by atoms with Gasteiger partial charge in [-0.3, -0.25) is 4.79 Å². The molecule has 0 radical (unpaired) electrons. The summed E-state index contributed by atoms with van der Waals surface area (Å²) in [5.41, 5.74) is 1.43. The summed E-state index contributed by atoms with van der Waals surface area (Å²) in [7, 11) is 0. The number of furan rings is 1. The van der Waals surface area contributed by atoms with Crippen molar-refractivity contribution in [3.05, 3.63) is 83.8 Å². The third-order valence-corrected chi connectivity index (χ3v) is 4.24. The Morgan fingerprint density at radius 1 is 1.04 bits per heavy atom. The minimum Gasteiger partial charge on any atom is -0.465 e. The van der Waals surface area contributed by atoms with Crippen LogP contribution in [0.25, 0.3) is 23.2 Å². The molecular formula is C20H14ClN5O2. The van der Waals surface area contributed by atoms with Crippen LogP contribution in [0.2, 0.25) is 5.02 Å². The van der Waals surface area contributed by atoms with Crippen LogP contribution in [0.3, 0.4) is 0 Å². The van der Waals surface area contributed by atoms with Gasteiger partial charge in [-0.1, -0.05) is 54.1 Å². The molecule has 2 aromatic carbocycles. The topological polar surface area (TPSA) is 85.8 Å². The van der Waals surface area contributed by atoms with Gasteiger partial charge >= 0.3 is 0 Å². The number of benzene rings is 2. The Bertz CT molecular complexity index is 1120. The monoisotopic (exact) mass is 391 g/mol. The molecule has 2 aromatic heterocycles. The molecule has 0 saturated carbocycles. The summed E-state index contributed by atoms with van der Waals surface area (Å²) >= 11 is 6.17. The van der Waals surface area contributed by atoms with Gasteiger partial charge in [-0.15, -0.1) is 5.10 Å². The maximum atomic E-state index is 13.1. The molecular weight excluding hydrogens is 378 g/mol. The Balaban J connectivity index is 1.77. The number of nitrogens with zero attached hydrogens (tertiary/aromatic N) is 4. The van der Waals surface area contributed by atoms with E-state index in [9.17, 15) is 4.79 Å². The van der Waals surface area contributed by atoms with Gasteiger partial charge in [0.15, 0.2) is 5.82 Å². The van der Waals surface area contributed by atoms with E-state index in [4.69, 9.17) is 16.0 Å². The van der Waals surface area contributed by atoms with E-state index in [1.165, 1.54) is 10.9 Å². The number of rotatable bonds is 5. The van der Waals surface area contributed by atoms with E-state index >= 15 is 0 Å². The van der Waals surface area contributed by atoms with Crippen molar-refractivity contribution in [1.82, 2.24) is 20.2 Å². The zero-order valence-electron chi connectivity index (χ0n) is 14.5. The highest BCUT2D eigenvalue weighted by atomic mass is 35.5. The third kappa shape index (κ3) is 3.70. The maximum Gasteiger partial charge on any atom is 0.274 e. The average Bonchev–Trinajstić information content (AvgIpc) is 3.40. The fourth-order valence-corrected chi connectivity index (χ4v) is 2.78. The van der Waals surface area contributed by atoms with Crippen molar-refractivity contribution in [2.75, 3.05) is 5.32 Å². The first-order chi connectivity index (χ1) is 13.7.